The Hall–Kier alpha value is -3.30. The molecule has 0 radical (unpaired) electrons. The fraction of sp³-hybridized carbons (Fsp3) is 0.333. The maximum atomic E-state index is 13.1. The van der Waals surface area contributed by atoms with Crippen molar-refractivity contribution in [2.75, 3.05) is 33.3 Å². The molecule has 0 aliphatic carbocycles. The van der Waals surface area contributed by atoms with Crippen LogP contribution in [0.5, 0.6) is 5.75 Å². The highest BCUT2D eigenvalue weighted by molar-refractivity contribution is 7.13. The smallest absolute Gasteiger partial charge is 0.257 e. The number of amides is 1. The summed E-state index contributed by atoms with van der Waals surface area (Å²) >= 11 is 1.65. The highest BCUT2D eigenvalue weighted by atomic mass is 32.1. The zero-order valence-corrected chi connectivity index (χ0v) is 19.8. The Morgan fingerprint density at radius 3 is 2.61 bits per heavy atom. The predicted octanol–water partition coefficient (Wildman–Crippen LogP) is 3.44. The molecule has 8 nitrogen and oxygen atoms in total. The lowest BCUT2D eigenvalue weighted by atomic mass is 10.2. The van der Waals surface area contributed by atoms with Crippen molar-refractivity contribution in [1.29, 1.82) is 0 Å². The van der Waals surface area contributed by atoms with Crippen molar-refractivity contribution in [1.82, 2.24) is 29.4 Å². The van der Waals surface area contributed by atoms with Gasteiger partial charge in [-0.3, -0.25) is 9.69 Å². The van der Waals surface area contributed by atoms with Gasteiger partial charge in [-0.1, -0.05) is 0 Å². The summed E-state index contributed by atoms with van der Waals surface area (Å²) in [6.45, 7) is 7.64. The zero-order valence-electron chi connectivity index (χ0n) is 19.0. The first kappa shape index (κ1) is 21.5. The number of aromatic nitrogens is 4. The maximum Gasteiger partial charge on any atom is 0.257 e. The van der Waals surface area contributed by atoms with E-state index in [0.29, 0.717) is 18.7 Å². The van der Waals surface area contributed by atoms with Gasteiger partial charge in [0.05, 0.1) is 29.8 Å². The molecule has 1 amide bonds. The number of nitrogens with zero attached hydrogens (tertiary/aromatic N) is 6. The average Bonchev–Trinajstić information content (AvgIpc) is 3.46. The van der Waals surface area contributed by atoms with Crippen molar-refractivity contribution >= 4 is 22.9 Å². The number of carbonyl (C=O) groups excluding carboxylic acids is 1. The van der Waals surface area contributed by atoms with Gasteiger partial charge in [-0.05, 0) is 38.1 Å². The lowest BCUT2D eigenvalue weighted by Crippen LogP contribution is -2.48. The fourth-order valence-corrected chi connectivity index (χ4v) is 4.94. The lowest BCUT2D eigenvalue weighted by molar-refractivity contribution is 0.0625. The molecule has 5 rings (SSSR count). The van der Waals surface area contributed by atoms with E-state index in [0.717, 1.165) is 58.7 Å². The molecule has 0 spiro atoms. The van der Waals surface area contributed by atoms with E-state index in [-0.39, 0.29) is 5.91 Å². The molecule has 3 aromatic heterocycles. The number of fused-ring (bicyclic) bond motifs is 1. The number of methoxy groups -OCH3 is 1. The summed E-state index contributed by atoms with van der Waals surface area (Å²) in [7, 11) is 1.67. The fourth-order valence-electron chi connectivity index (χ4n) is 4.13. The van der Waals surface area contributed by atoms with Crippen molar-refractivity contribution in [3.05, 3.63) is 64.6 Å². The van der Waals surface area contributed by atoms with Gasteiger partial charge < -0.3 is 9.64 Å². The van der Waals surface area contributed by atoms with Crippen LogP contribution in [0.3, 0.4) is 0 Å². The summed E-state index contributed by atoms with van der Waals surface area (Å²) in [5.74, 6) is 0.860. The van der Waals surface area contributed by atoms with Crippen LogP contribution >= 0.6 is 11.3 Å². The second-order valence-electron chi connectivity index (χ2n) is 8.25. The normalized spacial score (nSPS) is 14.7. The highest BCUT2D eigenvalue weighted by Gasteiger charge is 2.25. The topological polar surface area (TPSA) is 75.9 Å². The van der Waals surface area contributed by atoms with Crippen LogP contribution in [-0.2, 0) is 6.54 Å². The standard InChI is InChI=1S/C24H26N6O2S/c1-16-12-22-25-13-21(17(2)30(22)27-16)24(31)29-10-8-28(9-11-29)14-19-15-33-23(26-19)18-4-6-20(32-3)7-5-18/h4-7,12-13,15H,8-11,14H2,1-3H3. The van der Waals surface area contributed by atoms with E-state index in [1.54, 1.807) is 29.2 Å². The number of aryl methyl sites for hydroxylation is 2. The molecule has 4 heterocycles. The van der Waals surface area contributed by atoms with Gasteiger partial charge in [-0.2, -0.15) is 5.10 Å². The Bertz CT molecular complexity index is 1290. The van der Waals surface area contributed by atoms with Crippen LogP contribution in [0.2, 0.25) is 0 Å². The molecule has 33 heavy (non-hydrogen) atoms. The second-order valence-corrected chi connectivity index (χ2v) is 9.11. The Morgan fingerprint density at radius 1 is 1.12 bits per heavy atom. The molecule has 9 heteroatoms. The molecule has 0 saturated carbocycles. The van der Waals surface area contributed by atoms with Crippen LogP contribution in [0.25, 0.3) is 16.2 Å². The lowest BCUT2D eigenvalue weighted by Gasteiger charge is -2.34. The third-order valence-corrected chi connectivity index (χ3v) is 6.95. The Labute approximate surface area is 196 Å². The van der Waals surface area contributed by atoms with Crippen LogP contribution in [0, 0.1) is 13.8 Å². The molecule has 0 atom stereocenters. The monoisotopic (exact) mass is 462 g/mol. The van der Waals surface area contributed by atoms with Crippen LogP contribution in [-0.4, -0.2) is 68.6 Å². The van der Waals surface area contributed by atoms with Gasteiger partial charge >= 0.3 is 0 Å². The molecule has 170 valence electrons. The van der Waals surface area contributed by atoms with E-state index >= 15 is 0 Å². The average molecular weight is 463 g/mol. The quantitative estimate of drug-likeness (QED) is 0.452. The molecular weight excluding hydrogens is 436 g/mol. The number of piperazine rings is 1. The first-order valence-electron chi connectivity index (χ1n) is 10.9. The minimum Gasteiger partial charge on any atom is -0.497 e. The summed E-state index contributed by atoms with van der Waals surface area (Å²) in [6.07, 6.45) is 1.68. The minimum absolute atomic E-state index is 0.0187. The molecule has 1 aliphatic heterocycles. The number of ether oxygens (including phenoxy) is 1. The van der Waals surface area contributed by atoms with Gasteiger partial charge in [-0.15, -0.1) is 11.3 Å². The van der Waals surface area contributed by atoms with E-state index in [4.69, 9.17) is 9.72 Å². The van der Waals surface area contributed by atoms with E-state index in [1.165, 1.54) is 0 Å². The number of thiazole rings is 1. The number of hydrogen-bond donors (Lipinski definition) is 0. The highest BCUT2D eigenvalue weighted by Crippen LogP contribution is 2.26. The van der Waals surface area contributed by atoms with Crippen LogP contribution in [0.4, 0.5) is 0 Å². The zero-order chi connectivity index (χ0) is 22.9. The third kappa shape index (κ3) is 4.34. The van der Waals surface area contributed by atoms with Gasteiger partial charge in [0, 0.05) is 55.9 Å². The number of rotatable bonds is 5. The molecule has 4 aromatic rings. The van der Waals surface area contributed by atoms with Gasteiger partial charge in [-0.25, -0.2) is 14.5 Å². The third-order valence-electron chi connectivity index (χ3n) is 6.01. The van der Waals surface area contributed by atoms with Gasteiger partial charge in [0.1, 0.15) is 10.8 Å². The Balaban J connectivity index is 1.20. The molecular formula is C24H26N6O2S. The van der Waals surface area contributed by atoms with Crippen LogP contribution in [0.1, 0.15) is 27.4 Å². The number of carbonyl (C=O) groups is 1. The second kappa shape index (κ2) is 8.92. The Morgan fingerprint density at radius 2 is 1.88 bits per heavy atom. The van der Waals surface area contributed by atoms with Crippen molar-refractivity contribution in [3.63, 3.8) is 0 Å². The summed E-state index contributed by atoms with van der Waals surface area (Å²) in [5.41, 5.74) is 5.25. The summed E-state index contributed by atoms with van der Waals surface area (Å²) in [6, 6.07) is 9.89. The van der Waals surface area contributed by atoms with Crippen molar-refractivity contribution in [2.24, 2.45) is 0 Å². The molecule has 1 aromatic carbocycles. The van der Waals surface area contributed by atoms with Gasteiger partial charge in [0.2, 0.25) is 0 Å². The van der Waals surface area contributed by atoms with E-state index in [9.17, 15) is 4.79 Å². The predicted molar refractivity (Wildman–Crippen MR) is 128 cm³/mol. The summed E-state index contributed by atoms with van der Waals surface area (Å²) in [4.78, 5) is 26.6. The summed E-state index contributed by atoms with van der Waals surface area (Å²) in [5, 5.41) is 7.58. The SMILES string of the molecule is COc1ccc(-c2nc(CN3CCN(C(=O)c4cnc5cc(C)nn5c4C)CC3)cs2)cc1. The van der Waals surface area contributed by atoms with Crippen LogP contribution in [0.15, 0.2) is 41.9 Å². The van der Waals surface area contributed by atoms with Crippen molar-refractivity contribution < 1.29 is 9.53 Å². The molecule has 0 N–H and O–H groups in total. The van der Waals surface area contributed by atoms with Crippen LogP contribution < -0.4 is 4.74 Å². The molecule has 0 unspecified atom stereocenters. The number of benzene rings is 1. The van der Waals surface area contributed by atoms with E-state index in [2.05, 4.69) is 20.4 Å². The largest absolute Gasteiger partial charge is 0.497 e. The first-order valence-corrected chi connectivity index (χ1v) is 11.8. The molecule has 1 fully saturated rings. The van der Waals surface area contributed by atoms with Crippen molar-refractivity contribution in [2.45, 2.75) is 20.4 Å². The summed E-state index contributed by atoms with van der Waals surface area (Å²) < 4.78 is 6.98. The van der Waals surface area contributed by atoms with Gasteiger partial charge in [0.15, 0.2) is 5.65 Å². The molecule has 1 saturated heterocycles. The first-order chi connectivity index (χ1) is 16.0. The van der Waals surface area contributed by atoms with Gasteiger partial charge in [0.25, 0.3) is 5.91 Å². The van der Waals surface area contributed by atoms with E-state index < -0.39 is 0 Å². The minimum atomic E-state index is 0.0187. The maximum absolute atomic E-state index is 13.1. The Kier molecular flexibility index (Phi) is 5.82. The van der Waals surface area contributed by atoms with Crippen molar-refractivity contribution in [3.8, 4) is 16.3 Å². The number of hydrogen-bond acceptors (Lipinski definition) is 7. The molecule has 1 aliphatic rings. The molecule has 0 bridgehead atoms. The van der Waals surface area contributed by atoms with E-state index in [1.807, 2.05) is 49.1 Å².